The van der Waals surface area contributed by atoms with Gasteiger partial charge in [0, 0.05) is 24.5 Å². The first-order valence-electron chi connectivity index (χ1n) is 6.68. The summed E-state index contributed by atoms with van der Waals surface area (Å²) in [7, 11) is 0. The van der Waals surface area contributed by atoms with Gasteiger partial charge in [-0.1, -0.05) is 6.92 Å². The van der Waals surface area contributed by atoms with Crippen molar-refractivity contribution in [1.29, 1.82) is 0 Å². The van der Waals surface area contributed by atoms with Crippen LogP contribution in [0.2, 0.25) is 0 Å². The molecule has 0 spiro atoms. The molecule has 1 aliphatic heterocycles. The molecule has 3 heteroatoms. The Balaban J connectivity index is 1.82. The van der Waals surface area contributed by atoms with E-state index in [9.17, 15) is 0 Å². The van der Waals surface area contributed by atoms with Crippen molar-refractivity contribution in [2.24, 2.45) is 0 Å². The van der Waals surface area contributed by atoms with Crippen molar-refractivity contribution >= 4 is 0 Å². The molecule has 2 rings (SSSR count). The first-order chi connectivity index (χ1) is 8.29. The number of nitrogens with zero attached hydrogens (tertiary/aromatic N) is 2. The fraction of sp³-hybridized carbons (Fsp3) is 0.643. The van der Waals surface area contributed by atoms with Gasteiger partial charge in [-0.15, -0.1) is 0 Å². The molecule has 1 atom stereocenters. The number of aromatic nitrogens is 1. The Morgan fingerprint density at radius 3 is 2.59 bits per heavy atom. The van der Waals surface area contributed by atoms with Crippen molar-refractivity contribution in [2.45, 2.75) is 38.8 Å². The van der Waals surface area contributed by atoms with E-state index < -0.39 is 0 Å². The van der Waals surface area contributed by atoms with Crippen molar-refractivity contribution in [3.8, 4) is 0 Å². The summed E-state index contributed by atoms with van der Waals surface area (Å²) in [5.41, 5.74) is 1.33. The van der Waals surface area contributed by atoms with Gasteiger partial charge in [0.2, 0.25) is 0 Å². The molecule has 1 saturated heterocycles. The second-order valence-corrected chi connectivity index (χ2v) is 4.88. The Labute approximate surface area is 104 Å². The van der Waals surface area contributed by atoms with Crippen LogP contribution in [0.4, 0.5) is 0 Å². The zero-order chi connectivity index (χ0) is 12.1. The van der Waals surface area contributed by atoms with Crippen LogP contribution in [0.5, 0.6) is 0 Å². The molecule has 94 valence electrons. The van der Waals surface area contributed by atoms with Gasteiger partial charge in [-0.25, -0.2) is 0 Å². The third-order valence-corrected chi connectivity index (χ3v) is 3.73. The van der Waals surface area contributed by atoms with Crippen LogP contribution in [0.3, 0.4) is 0 Å². The lowest BCUT2D eigenvalue weighted by molar-refractivity contribution is 0.200. The van der Waals surface area contributed by atoms with Gasteiger partial charge in [-0.05, 0) is 57.1 Å². The second kappa shape index (κ2) is 6.12. The first kappa shape index (κ1) is 12.5. The molecule has 0 saturated carbocycles. The molecule has 1 aromatic heterocycles. The highest BCUT2D eigenvalue weighted by Crippen LogP contribution is 2.16. The molecule has 1 N–H and O–H groups in total. The minimum absolute atomic E-state index is 0.427. The molecule has 1 aliphatic rings. The summed E-state index contributed by atoms with van der Waals surface area (Å²) in [5.74, 6) is 0. The van der Waals surface area contributed by atoms with Crippen molar-refractivity contribution in [3.05, 3.63) is 30.1 Å². The number of pyridine rings is 1. The molecule has 0 aliphatic carbocycles. The first-order valence-corrected chi connectivity index (χ1v) is 6.68. The molecular formula is C14H23N3. The zero-order valence-corrected chi connectivity index (χ0v) is 10.9. The van der Waals surface area contributed by atoms with Crippen molar-refractivity contribution < 1.29 is 0 Å². The zero-order valence-electron chi connectivity index (χ0n) is 10.9. The van der Waals surface area contributed by atoms with Gasteiger partial charge in [0.25, 0.3) is 0 Å². The van der Waals surface area contributed by atoms with Crippen LogP contribution >= 0.6 is 0 Å². The number of piperidine rings is 1. The predicted octanol–water partition coefficient (Wildman–Crippen LogP) is 2.22. The van der Waals surface area contributed by atoms with Crippen LogP contribution in [0.25, 0.3) is 0 Å². The lowest BCUT2D eigenvalue weighted by atomic mass is 10.0. The Hall–Kier alpha value is -0.930. The summed E-state index contributed by atoms with van der Waals surface area (Å²) in [5, 5.41) is 3.73. The smallest absolute Gasteiger partial charge is 0.0295 e. The third kappa shape index (κ3) is 3.51. The summed E-state index contributed by atoms with van der Waals surface area (Å²) in [4.78, 5) is 6.58. The van der Waals surface area contributed by atoms with E-state index >= 15 is 0 Å². The van der Waals surface area contributed by atoms with Crippen LogP contribution in [0.15, 0.2) is 24.5 Å². The fourth-order valence-corrected chi connectivity index (χ4v) is 2.52. The van der Waals surface area contributed by atoms with E-state index in [2.05, 4.69) is 41.2 Å². The monoisotopic (exact) mass is 233 g/mol. The third-order valence-electron chi connectivity index (χ3n) is 3.73. The van der Waals surface area contributed by atoms with Gasteiger partial charge < -0.3 is 10.2 Å². The van der Waals surface area contributed by atoms with Crippen LogP contribution in [-0.2, 0) is 0 Å². The quantitative estimate of drug-likeness (QED) is 0.864. The summed E-state index contributed by atoms with van der Waals surface area (Å²) in [6.07, 6.45) is 6.27. The van der Waals surface area contributed by atoms with Crippen molar-refractivity contribution in [2.75, 3.05) is 19.6 Å². The van der Waals surface area contributed by atoms with E-state index in [1.807, 2.05) is 12.4 Å². The minimum atomic E-state index is 0.427. The van der Waals surface area contributed by atoms with Gasteiger partial charge in [-0.3, -0.25) is 4.98 Å². The van der Waals surface area contributed by atoms with E-state index in [4.69, 9.17) is 0 Å². The maximum atomic E-state index is 4.06. The highest BCUT2D eigenvalue weighted by atomic mass is 15.1. The van der Waals surface area contributed by atoms with Crippen molar-refractivity contribution in [3.63, 3.8) is 0 Å². The van der Waals surface area contributed by atoms with Crippen LogP contribution in [-0.4, -0.2) is 35.6 Å². The largest absolute Gasteiger partial charge is 0.307 e. The molecule has 17 heavy (non-hydrogen) atoms. The number of nitrogens with one attached hydrogen (secondary N) is 1. The normalized spacial score (nSPS) is 20.4. The highest BCUT2D eigenvalue weighted by Gasteiger charge is 2.19. The van der Waals surface area contributed by atoms with E-state index in [1.54, 1.807) is 0 Å². The summed E-state index contributed by atoms with van der Waals surface area (Å²) < 4.78 is 0. The molecule has 0 amide bonds. The highest BCUT2D eigenvalue weighted by molar-refractivity contribution is 5.14. The average Bonchev–Trinajstić information content (AvgIpc) is 2.40. The van der Waals surface area contributed by atoms with E-state index in [1.165, 1.54) is 38.0 Å². The lowest BCUT2D eigenvalue weighted by Gasteiger charge is -2.33. The van der Waals surface area contributed by atoms with Crippen LogP contribution in [0.1, 0.15) is 38.3 Å². The Morgan fingerprint density at radius 2 is 2.00 bits per heavy atom. The standard InChI is InChI=1S/C14H23N3/c1-3-17-10-6-14(7-11-17)16-12(2)13-4-8-15-9-5-13/h4-5,8-9,12,14,16H,3,6-7,10-11H2,1-2H3/t12-/m1/s1. The summed E-state index contributed by atoms with van der Waals surface area (Å²) in [6.45, 7) is 8.13. The van der Waals surface area contributed by atoms with E-state index in [0.29, 0.717) is 12.1 Å². The molecular weight excluding hydrogens is 210 g/mol. The number of hydrogen-bond donors (Lipinski definition) is 1. The molecule has 0 bridgehead atoms. The SMILES string of the molecule is CCN1CCC(N[C@H](C)c2ccncc2)CC1. The second-order valence-electron chi connectivity index (χ2n) is 4.88. The van der Waals surface area contributed by atoms with Gasteiger partial charge in [0.15, 0.2) is 0 Å². The van der Waals surface area contributed by atoms with Crippen LogP contribution in [0, 0.1) is 0 Å². The average molecular weight is 233 g/mol. The molecule has 0 radical (unpaired) electrons. The minimum Gasteiger partial charge on any atom is -0.307 e. The maximum Gasteiger partial charge on any atom is 0.0295 e. The Bertz CT molecular complexity index is 317. The topological polar surface area (TPSA) is 28.2 Å². The molecule has 0 unspecified atom stereocenters. The van der Waals surface area contributed by atoms with Crippen LogP contribution < -0.4 is 5.32 Å². The van der Waals surface area contributed by atoms with Gasteiger partial charge in [-0.2, -0.15) is 0 Å². The Kier molecular flexibility index (Phi) is 4.51. The number of rotatable bonds is 4. The predicted molar refractivity (Wildman–Crippen MR) is 70.9 cm³/mol. The maximum absolute atomic E-state index is 4.06. The molecule has 2 heterocycles. The summed E-state index contributed by atoms with van der Waals surface area (Å²) >= 11 is 0. The molecule has 1 aromatic rings. The van der Waals surface area contributed by atoms with Gasteiger partial charge in [0.1, 0.15) is 0 Å². The van der Waals surface area contributed by atoms with Gasteiger partial charge in [0.05, 0.1) is 0 Å². The van der Waals surface area contributed by atoms with E-state index in [0.717, 1.165) is 0 Å². The molecule has 1 fully saturated rings. The summed E-state index contributed by atoms with van der Waals surface area (Å²) in [6, 6.07) is 5.29. The lowest BCUT2D eigenvalue weighted by Crippen LogP contribution is -2.43. The Morgan fingerprint density at radius 1 is 1.35 bits per heavy atom. The number of likely N-dealkylation sites (tertiary alicyclic amines) is 1. The molecule has 0 aromatic carbocycles. The fourth-order valence-electron chi connectivity index (χ4n) is 2.52. The van der Waals surface area contributed by atoms with Gasteiger partial charge >= 0.3 is 0 Å². The molecule has 3 nitrogen and oxygen atoms in total. The van der Waals surface area contributed by atoms with E-state index in [-0.39, 0.29) is 0 Å². The number of hydrogen-bond acceptors (Lipinski definition) is 3. The van der Waals surface area contributed by atoms with Crippen molar-refractivity contribution in [1.82, 2.24) is 15.2 Å².